The second kappa shape index (κ2) is 5.76. The maximum Gasteiger partial charge on any atom is 0.325 e. The van der Waals surface area contributed by atoms with Gasteiger partial charge >= 0.3 is 6.03 Å². The van der Waals surface area contributed by atoms with Crippen LogP contribution < -0.4 is 5.32 Å². The first kappa shape index (κ1) is 15.6. The highest BCUT2D eigenvalue weighted by molar-refractivity contribution is 7.99. The Morgan fingerprint density at radius 1 is 1.27 bits per heavy atom. The summed E-state index contributed by atoms with van der Waals surface area (Å²) in [6, 6.07) is -0.116. The van der Waals surface area contributed by atoms with Gasteiger partial charge in [-0.05, 0) is 38.2 Å². The van der Waals surface area contributed by atoms with Crippen LogP contribution in [-0.4, -0.2) is 63.8 Å². The molecule has 0 aromatic heterocycles. The first-order chi connectivity index (χ1) is 10.4. The number of hydrogen-bond donors (Lipinski definition) is 1. The lowest BCUT2D eigenvalue weighted by Gasteiger charge is -2.30. The lowest BCUT2D eigenvalue weighted by molar-refractivity contribution is -0.132. The smallest absolute Gasteiger partial charge is 0.325 e. The fourth-order valence-corrected chi connectivity index (χ4v) is 4.78. The van der Waals surface area contributed by atoms with Crippen molar-refractivity contribution >= 4 is 29.6 Å². The second-order valence-corrected chi connectivity index (χ2v) is 7.98. The Morgan fingerprint density at radius 3 is 2.55 bits per heavy atom. The summed E-state index contributed by atoms with van der Waals surface area (Å²) in [5.41, 5.74) is -0.678. The number of carbonyl (C=O) groups excluding carboxylic acids is 3. The van der Waals surface area contributed by atoms with Crippen molar-refractivity contribution in [1.29, 1.82) is 0 Å². The largest absolute Gasteiger partial charge is 0.340 e. The lowest BCUT2D eigenvalue weighted by atomic mass is 9.92. The molecule has 122 valence electrons. The second-order valence-electron chi connectivity index (χ2n) is 6.75. The molecule has 3 saturated heterocycles. The summed E-state index contributed by atoms with van der Waals surface area (Å²) in [4.78, 5) is 40.1. The van der Waals surface area contributed by atoms with Crippen LogP contribution in [0.25, 0.3) is 0 Å². The van der Waals surface area contributed by atoms with Crippen LogP contribution in [-0.2, 0) is 9.59 Å². The minimum absolute atomic E-state index is 0.0534. The third kappa shape index (κ3) is 2.59. The molecular formula is C15H23N3O3S. The maximum atomic E-state index is 12.7. The van der Waals surface area contributed by atoms with Crippen molar-refractivity contribution in [3.8, 4) is 0 Å². The third-order valence-corrected chi connectivity index (χ3v) is 5.88. The van der Waals surface area contributed by atoms with Crippen molar-refractivity contribution in [2.45, 2.75) is 44.7 Å². The molecule has 3 rings (SSSR count). The monoisotopic (exact) mass is 325 g/mol. The third-order valence-electron chi connectivity index (χ3n) is 4.89. The van der Waals surface area contributed by atoms with Gasteiger partial charge in [-0.3, -0.25) is 14.5 Å². The van der Waals surface area contributed by atoms with E-state index in [0.717, 1.165) is 11.5 Å². The molecule has 6 nitrogen and oxygen atoms in total. The number of likely N-dealkylation sites (tertiary alicyclic amines) is 1. The number of rotatable bonds is 3. The number of imide groups is 1. The molecule has 22 heavy (non-hydrogen) atoms. The van der Waals surface area contributed by atoms with E-state index in [1.54, 1.807) is 0 Å². The van der Waals surface area contributed by atoms with E-state index in [1.807, 2.05) is 30.5 Å². The number of urea groups is 1. The Balaban J connectivity index is 1.67. The van der Waals surface area contributed by atoms with Crippen molar-refractivity contribution in [2.75, 3.05) is 24.6 Å². The van der Waals surface area contributed by atoms with Gasteiger partial charge in [0.05, 0.1) is 0 Å². The van der Waals surface area contributed by atoms with Gasteiger partial charge in [-0.15, -0.1) is 0 Å². The predicted molar refractivity (Wildman–Crippen MR) is 84.5 cm³/mol. The number of thioether (sulfide) groups is 1. The van der Waals surface area contributed by atoms with E-state index in [-0.39, 0.29) is 29.8 Å². The van der Waals surface area contributed by atoms with Crippen LogP contribution in [0, 0.1) is 5.92 Å². The highest BCUT2D eigenvalue weighted by Crippen LogP contribution is 2.33. The fourth-order valence-electron chi connectivity index (χ4n) is 3.59. The summed E-state index contributed by atoms with van der Waals surface area (Å²) in [5.74, 6) is 1.90. The molecule has 3 fully saturated rings. The molecule has 1 unspecified atom stereocenters. The molecule has 3 aliphatic heterocycles. The first-order valence-corrected chi connectivity index (χ1v) is 9.10. The van der Waals surface area contributed by atoms with Gasteiger partial charge in [0, 0.05) is 31.5 Å². The molecule has 7 heteroatoms. The molecule has 1 N–H and O–H groups in total. The topological polar surface area (TPSA) is 69.7 Å². The lowest BCUT2D eigenvalue weighted by Crippen LogP contribution is -2.49. The number of carbonyl (C=O) groups is 3. The van der Waals surface area contributed by atoms with Gasteiger partial charge in [0.25, 0.3) is 5.91 Å². The molecule has 0 aromatic rings. The Kier molecular flexibility index (Phi) is 4.09. The standard InChI is InChI=1S/C15H23N3O3S/c1-10(2)17-8-11(7-12(17)19)9-18-13(20)15(16-14(18)21)3-5-22-6-4-15/h10-11H,3-9H2,1-2H3,(H,16,21). The minimum atomic E-state index is -0.678. The van der Waals surface area contributed by atoms with E-state index in [1.165, 1.54) is 4.90 Å². The summed E-state index contributed by atoms with van der Waals surface area (Å²) in [6.45, 7) is 4.97. The van der Waals surface area contributed by atoms with Gasteiger partial charge in [0.15, 0.2) is 0 Å². The van der Waals surface area contributed by atoms with Crippen molar-refractivity contribution in [3.05, 3.63) is 0 Å². The normalized spacial score (nSPS) is 28.1. The van der Waals surface area contributed by atoms with E-state index < -0.39 is 5.54 Å². The summed E-state index contributed by atoms with van der Waals surface area (Å²) < 4.78 is 0. The van der Waals surface area contributed by atoms with Crippen LogP contribution >= 0.6 is 11.8 Å². The van der Waals surface area contributed by atoms with Crippen LogP contribution in [0.3, 0.4) is 0 Å². The van der Waals surface area contributed by atoms with Gasteiger partial charge in [0.1, 0.15) is 5.54 Å². The Bertz CT molecular complexity index is 502. The number of amides is 4. The van der Waals surface area contributed by atoms with Gasteiger partial charge in [-0.2, -0.15) is 11.8 Å². The molecule has 0 bridgehead atoms. The van der Waals surface area contributed by atoms with E-state index >= 15 is 0 Å². The van der Waals surface area contributed by atoms with Crippen molar-refractivity contribution in [3.63, 3.8) is 0 Å². The summed E-state index contributed by atoms with van der Waals surface area (Å²) in [6.07, 6.45) is 1.85. The van der Waals surface area contributed by atoms with Crippen molar-refractivity contribution in [1.82, 2.24) is 15.1 Å². The molecule has 3 heterocycles. The van der Waals surface area contributed by atoms with Gasteiger partial charge in [-0.1, -0.05) is 0 Å². The molecule has 0 aromatic carbocycles. The van der Waals surface area contributed by atoms with E-state index in [0.29, 0.717) is 32.4 Å². The van der Waals surface area contributed by atoms with Crippen LogP contribution in [0.1, 0.15) is 33.1 Å². The predicted octanol–water partition coefficient (Wildman–Crippen LogP) is 1.06. The first-order valence-electron chi connectivity index (χ1n) is 7.94. The Hall–Kier alpha value is -1.24. The van der Waals surface area contributed by atoms with Crippen molar-refractivity contribution < 1.29 is 14.4 Å². The Labute approximate surface area is 135 Å². The summed E-state index contributed by atoms with van der Waals surface area (Å²) in [5, 5.41) is 2.91. The zero-order valence-electron chi connectivity index (χ0n) is 13.1. The van der Waals surface area contributed by atoms with E-state index in [9.17, 15) is 14.4 Å². The van der Waals surface area contributed by atoms with Crippen LogP contribution in [0.15, 0.2) is 0 Å². The molecule has 0 aliphatic carbocycles. The number of nitrogens with one attached hydrogen (secondary N) is 1. The minimum Gasteiger partial charge on any atom is -0.340 e. The van der Waals surface area contributed by atoms with Crippen LogP contribution in [0.2, 0.25) is 0 Å². The van der Waals surface area contributed by atoms with Crippen molar-refractivity contribution in [2.24, 2.45) is 5.92 Å². The average molecular weight is 325 g/mol. The van der Waals surface area contributed by atoms with Crippen LogP contribution in [0.4, 0.5) is 4.79 Å². The molecule has 4 amide bonds. The molecule has 1 atom stereocenters. The number of hydrogen-bond acceptors (Lipinski definition) is 4. The zero-order valence-corrected chi connectivity index (χ0v) is 13.9. The molecule has 0 radical (unpaired) electrons. The molecule has 0 saturated carbocycles. The zero-order chi connectivity index (χ0) is 15.9. The number of nitrogens with zero attached hydrogens (tertiary/aromatic N) is 2. The van der Waals surface area contributed by atoms with E-state index in [4.69, 9.17) is 0 Å². The highest BCUT2D eigenvalue weighted by Gasteiger charge is 2.52. The average Bonchev–Trinajstić information content (AvgIpc) is 2.94. The molecular weight excluding hydrogens is 302 g/mol. The van der Waals surface area contributed by atoms with E-state index in [2.05, 4.69) is 5.32 Å². The molecule has 1 spiro atoms. The Morgan fingerprint density at radius 2 is 1.95 bits per heavy atom. The fraction of sp³-hybridized carbons (Fsp3) is 0.800. The highest BCUT2D eigenvalue weighted by atomic mass is 32.2. The maximum absolute atomic E-state index is 12.7. The SMILES string of the molecule is CC(C)N1CC(CN2C(=O)NC3(CCSCC3)C2=O)CC1=O. The van der Waals surface area contributed by atoms with Gasteiger partial charge in [-0.25, -0.2) is 4.79 Å². The van der Waals surface area contributed by atoms with Crippen LogP contribution in [0.5, 0.6) is 0 Å². The summed E-state index contributed by atoms with van der Waals surface area (Å²) >= 11 is 1.82. The van der Waals surface area contributed by atoms with Gasteiger partial charge < -0.3 is 10.2 Å². The van der Waals surface area contributed by atoms with Gasteiger partial charge in [0.2, 0.25) is 5.91 Å². The molecule has 3 aliphatic rings. The quantitative estimate of drug-likeness (QED) is 0.788. The summed E-state index contributed by atoms with van der Waals surface area (Å²) in [7, 11) is 0.